The molecule has 2 aliphatic heterocycles. The van der Waals surface area contributed by atoms with Crippen molar-refractivity contribution in [3.63, 3.8) is 0 Å². The SMILES string of the molecule is O=C(O)CC(O)(CC(=O)ON1c2cccnc2NC1NC1CCNCC1)C(=O)O. The Morgan fingerprint density at radius 3 is 2.66 bits per heavy atom. The first-order valence-electron chi connectivity index (χ1n) is 9.14. The molecule has 29 heavy (non-hydrogen) atoms. The lowest BCUT2D eigenvalue weighted by Crippen LogP contribution is -2.54. The highest BCUT2D eigenvalue weighted by Gasteiger charge is 2.43. The maximum atomic E-state index is 12.4. The van der Waals surface area contributed by atoms with Gasteiger partial charge < -0.3 is 30.8 Å². The number of aliphatic hydroxyl groups is 1. The van der Waals surface area contributed by atoms with E-state index in [0.29, 0.717) is 11.5 Å². The molecule has 1 aromatic heterocycles. The molecule has 0 aliphatic carbocycles. The van der Waals surface area contributed by atoms with E-state index in [-0.39, 0.29) is 6.04 Å². The van der Waals surface area contributed by atoms with Crippen molar-refractivity contribution in [3.05, 3.63) is 18.3 Å². The van der Waals surface area contributed by atoms with Crippen LogP contribution >= 0.6 is 0 Å². The molecule has 6 N–H and O–H groups in total. The molecule has 12 nitrogen and oxygen atoms in total. The van der Waals surface area contributed by atoms with Crippen molar-refractivity contribution in [2.45, 2.75) is 43.6 Å². The lowest BCUT2D eigenvalue weighted by molar-refractivity contribution is -0.172. The van der Waals surface area contributed by atoms with E-state index in [4.69, 9.17) is 15.1 Å². The summed E-state index contributed by atoms with van der Waals surface area (Å²) in [6.07, 6.45) is 0.479. The van der Waals surface area contributed by atoms with Gasteiger partial charge in [0, 0.05) is 12.2 Å². The number of carbonyl (C=O) groups excluding carboxylic acids is 1. The molecule has 1 fully saturated rings. The summed E-state index contributed by atoms with van der Waals surface area (Å²) in [6, 6.07) is 3.45. The van der Waals surface area contributed by atoms with Gasteiger partial charge in [0.2, 0.25) is 0 Å². The standard InChI is InChI=1S/C17H23N5O7/c23-12(24)8-17(28,15(26)27)9-13(25)29-22-11-2-1-5-19-14(11)21-16(22)20-10-3-6-18-7-4-10/h1-2,5,10,16,18,20,28H,3-4,6-9H2,(H,19,21)(H,23,24)(H,26,27). The maximum absolute atomic E-state index is 12.4. The summed E-state index contributed by atoms with van der Waals surface area (Å²) in [5, 5.41) is 38.9. The fourth-order valence-electron chi connectivity index (χ4n) is 3.28. The Bertz CT molecular complexity index is 785. The lowest BCUT2D eigenvalue weighted by atomic mass is 9.96. The van der Waals surface area contributed by atoms with Gasteiger partial charge in [-0.15, -0.1) is 0 Å². The maximum Gasteiger partial charge on any atom is 0.336 e. The first-order valence-corrected chi connectivity index (χ1v) is 9.14. The molecule has 2 aliphatic rings. The van der Waals surface area contributed by atoms with Crippen molar-refractivity contribution in [3.8, 4) is 0 Å². The fourth-order valence-corrected chi connectivity index (χ4v) is 3.28. The first kappa shape index (κ1) is 20.8. The van der Waals surface area contributed by atoms with E-state index in [1.807, 2.05) is 0 Å². The van der Waals surface area contributed by atoms with Crippen molar-refractivity contribution in [2.24, 2.45) is 0 Å². The first-order chi connectivity index (χ1) is 13.8. The minimum Gasteiger partial charge on any atom is -0.481 e. The summed E-state index contributed by atoms with van der Waals surface area (Å²) in [7, 11) is 0. The van der Waals surface area contributed by atoms with Crippen LogP contribution in [0.3, 0.4) is 0 Å². The number of pyridine rings is 1. The van der Waals surface area contributed by atoms with Crippen LogP contribution in [-0.4, -0.2) is 69.2 Å². The second-order valence-corrected chi connectivity index (χ2v) is 6.98. The fraction of sp³-hybridized carbons (Fsp3) is 0.529. The third kappa shape index (κ3) is 4.91. The number of rotatable bonds is 8. The monoisotopic (exact) mass is 409 g/mol. The van der Waals surface area contributed by atoms with Gasteiger partial charge in [0.25, 0.3) is 0 Å². The van der Waals surface area contributed by atoms with E-state index in [1.54, 1.807) is 18.3 Å². The number of hydrogen-bond donors (Lipinski definition) is 6. The largest absolute Gasteiger partial charge is 0.481 e. The summed E-state index contributed by atoms with van der Waals surface area (Å²) < 4.78 is 0. The number of nitrogens with zero attached hydrogens (tertiary/aromatic N) is 2. The topological polar surface area (TPSA) is 173 Å². The number of carbonyl (C=O) groups is 3. The molecule has 0 spiro atoms. The molecule has 0 bridgehead atoms. The van der Waals surface area contributed by atoms with Crippen LogP contribution < -0.4 is 21.0 Å². The average molecular weight is 409 g/mol. The Hall–Kier alpha value is -2.96. The number of anilines is 2. The van der Waals surface area contributed by atoms with Crippen molar-refractivity contribution < 1.29 is 34.5 Å². The summed E-state index contributed by atoms with van der Waals surface area (Å²) in [4.78, 5) is 44.0. The number of carboxylic acids is 2. The number of fused-ring (bicyclic) bond motifs is 1. The molecule has 0 amide bonds. The number of aliphatic carboxylic acids is 2. The Labute approximate surface area is 165 Å². The molecule has 3 heterocycles. The summed E-state index contributed by atoms with van der Waals surface area (Å²) in [5.41, 5.74) is -2.32. The van der Waals surface area contributed by atoms with Crippen LogP contribution in [0.25, 0.3) is 0 Å². The minimum absolute atomic E-state index is 0.146. The summed E-state index contributed by atoms with van der Waals surface area (Å²) in [6.45, 7) is 1.69. The summed E-state index contributed by atoms with van der Waals surface area (Å²) in [5.74, 6) is -3.99. The van der Waals surface area contributed by atoms with Crippen LogP contribution in [0.4, 0.5) is 11.5 Å². The van der Waals surface area contributed by atoms with Gasteiger partial charge in [0.1, 0.15) is 5.69 Å². The smallest absolute Gasteiger partial charge is 0.336 e. The molecule has 3 rings (SSSR count). The number of piperidine rings is 1. The number of hydroxylamine groups is 1. The predicted molar refractivity (Wildman–Crippen MR) is 98.7 cm³/mol. The second kappa shape index (κ2) is 8.59. The van der Waals surface area contributed by atoms with Gasteiger partial charge in [0.05, 0.1) is 12.8 Å². The molecule has 2 atom stereocenters. The van der Waals surface area contributed by atoms with Crippen LogP contribution in [0.5, 0.6) is 0 Å². The molecule has 158 valence electrons. The van der Waals surface area contributed by atoms with E-state index in [0.717, 1.165) is 25.9 Å². The highest BCUT2D eigenvalue weighted by Crippen LogP contribution is 2.32. The zero-order valence-electron chi connectivity index (χ0n) is 15.5. The normalized spacial score (nSPS) is 21.0. The third-order valence-corrected chi connectivity index (χ3v) is 4.74. The minimum atomic E-state index is -2.77. The van der Waals surface area contributed by atoms with E-state index < -0.39 is 42.6 Å². The number of nitrogens with one attached hydrogen (secondary N) is 3. The molecule has 0 saturated carbocycles. The molecule has 2 unspecified atom stereocenters. The number of aromatic nitrogens is 1. The van der Waals surface area contributed by atoms with Crippen LogP contribution in [-0.2, 0) is 19.2 Å². The highest BCUT2D eigenvalue weighted by molar-refractivity contribution is 5.89. The number of hydrogen-bond acceptors (Lipinski definition) is 10. The zero-order valence-corrected chi connectivity index (χ0v) is 15.5. The van der Waals surface area contributed by atoms with Gasteiger partial charge in [-0.05, 0) is 38.1 Å². The molecule has 12 heteroatoms. The summed E-state index contributed by atoms with van der Waals surface area (Å²) >= 11 is 0. The van der Waals surface area contributed by atoms with Crippen LogP contribution in [0.1, 0.15) is 25.7 Å². The van der Waals surface area contributed by atoms with E-state index in [1.165, 1.54) is 5.06 Å². The Balaban J connectivity index is 1.73. The Kier molecular flexibility index (Phi) is 6.15. The number of carboxylic acid groups (broad SMARTS) is 2. The zero-order chi connectivity index (χ0) is 21.0. The molecular formula is C17H23N5O7. The van der Waals surface area contributed by atoms with Gasteiger partial charge in [-0.25, -0.2) is 14.6 Å². The molecule has 0 radical (unpaired) electrons. The second-order valence-electron chi connectivity index (χ2n) is 6.98. The van der Waals surface area contributed by atoms with Crippen molar-refractivity contribution >= 4 is 29.4 Å². The quantitative estimate of drug-likeness (QED) is 0.312. The molecule has 1 aromatic rings. The van der Waals surface area contributed by atoms with Gasteiger partial charge in [0.15, 0.2) is 17.7 Å². The van der Waals surface area contributed by atoms with E-state index in [9.17, 15) is 19.5 Å². The van der Waals surface area contributed by atoms with E-state index in [2.05, 4.69) is 20.9 Å². The Morgan fingerprint density at radius 1 is 1.28 bits per heavy atom. The van der Waals surface area contributed by atoms with Crippen LogP contribution in [0, 0.1) is 0 Å². The predicted octanol–water partition coefficient (Wildman–Crippen LogP) is -0.923. The Morgan fingerprint density at radius 2 is 2.00 bits per heavy atom. The van der Waals surface area contributed by atoms with Gasteiger partial charge in [-0.3, -0.25) is 10.1 Å². The average Bonchev–Trinajstić information content (AvgIpc) is 2.99. The third-order valence-electron chi connectivity index (χ3n) is 4.74. The van der Waals surface area contributed by atoms with Crippen molar-refractivity contribution in [1.82, 2.24) is 15.6 Å². The van der Waals surface area contributed by atoms with Crippen molar-refractivity contribution in [1.29, 1.82) is 0 Å². The lowest BCUT2D eigenvalue weighted by Gasteiger charge is -2.32. The highest BCUT2D eigenvalue weighted by atomic mass is 16.7. The van der Waals surface area contributed by atoms with Gasteiger partial charge >= 0.3 is 17.9 Å². The van der Waals surface area contributed by atoms with Gasteiger partial charge in [-0.2, -0.15) is 5.06 Å². The molecule has 1 saturated heterocycles. The van der Waals surface area contributed by atoms with Crippen molar-refractivity contribution in [2.75, 3.05) is 23.5 Å². The van der Waals surface area contributed by atoms with Crippen LogP contribution in [0.15, 0.2) is 18.3 Å². The van der Waals surface area contributed by atoms with E-state index >= 15 is 0 Å². The van der Waals surface area contributed by atoms with Crippen LogP contribution in [0.2, 0.25) is 0 Å². The molecule has 0 aromatic carbocycles. The molecular weight excluding hydrogens is 386 g/mol. The van der Waals surface area contributed by atoms with Gasteiger partial charge in [-0.1, -0.05) is 0 Å².